The Kier molecular flexibility index (Phi) is 5.91. The molecule has 0 saturated heterocycles. The average Bonchev–Trinajstić information content (AvgIpc) is 3.22. The highest BCUT2D eigenvalue weighted by atomic mass is 35.5. The summed E-state index contributed by atoms with van der Waals surface area (Å²) >= 11 is 5.98. The molecule has 4 nitrogen and oxygen atoms in total. The second-order valence-corrected chi connectivity index (χ2v) is 8.96. The summed E-state index contributed by atoms with van der Waals surface area (Å²) < 4.78 is 14.5. The number of nitrogens with zero attached hydrogens (tertiary/aromatic N) is 1. The fourth-order valence-electron chi connectivity index (χ4n) is 5.08. The van der Waals surface area contributed by atoms with Crippen molar-refractivity contribution >= 4 is 29.1 Å². The molecule has 2 amide bonds. The molecule has 28 heavy (non-hydrogen) atoms. The smallest absolute Gasteiger partial charge is 0.230 e. The number of nitrogens with one attached hydrogen (secondary N) is 1. The highest BCUT2D eigenvalue weighted by Gasteiger charge is 2.34. The van der Waals surface area contributed by atoms with Crippen LogP contribution in [0.1, 0.15) is 63.4 Å². The summed E-state index contributed by atoms with van der Waals surface area (Å²) in [6.07, 6.45) is 9.01. The Bertz CT molecular complexity index is 755. The normalized spacial score (nSPS) is 25.4. The minimum Gasteiger partial charge on any atom is -0.353 e. The first-order chi connectivity index (χ1) is 13.5. The highest BCUT2D eigenvalue weighted by molar-refractivity contribution is 6.30. The van der Waals surface area contributed by atoms with E-state index in [1.165, 1.54) is 6.07 Å². The van der Waals surface area contributed by atoms with E-state index in [4.69, 9.17) is 11.6 Å². The van der Waals surface area contributed by atoms with E-state index >= 15 is 0 Å². The van der Waals surface area contributed by atoms with Crippen LogP contribution in [-0.4, -0.2) is 24.4 Å². The molecule has 4 rings (SSSR count). The number of carbonyl (C=O) groups excluding carboxylic acids is 2. The van der Waals surface area contributed by atoms with Gasteiger partial charge in [-0.25, -0.2) is 4.39 Å². The molecule has 1 aromatic carbocycles. The van der Waals surface area contributed by atoms with Gasteiger partial charge in [0.15, 0.2) is 0 Å². The van der Waals surface area contributed by atoms with Crippen molar-refractivity contribution in [2.24, 2.45) is 11.8 Å². The van der Waals surface area contributed by atoms with Crippen LogP contribution in [0.3, 0.4) is 0 Å². The first kappa shape index (κ1) is 19.7. The van der Waals surface area contributed by atoms with E-state index in [1.54, 1.807) is 11.0 Å². The Morgan fingerprint density at radius 1 is 1.00 bits per heavy atom. The lowest BCUT2D eigenvalue weighted by atomic mass is 9.84. The molecule has 0 spiro atoms. The molecular weight excluding hydrogens is 379 g/mol. The van der Waals surface area contributed by atoms with Crippen LogP contribution in [0, 0.1) is 17.7 Å². The van der Waals surface area contributed by atoms with E-state index in [0.29, 0.717) is 17.3 Å². The zero-order valence-corrected chi connectivity index (χ0v) is 16.9. The van der Waals surface area contributed by atoms with Crippen LogP contribution < -0.4 is 10.2 Å². The molecule has 2 saturated carbocycles. The Hall–Kier alpha value is -1.62. The summed E-state index contributed by atoms with van der Waals surface area (Å²) in [4.78, 5) is 27.1. The van der Waals surface area contributed by atoms with Gasteiger partial charge in [-0.3, -0.25) is 9.59 Å². The lowest BCUT2D eigenvalue weighted by molar-refractivity contribution is -0.126. The van der Waals surface area contributed by atoms with Gasteiger partial charge in [-0.2, -0.15) is 0 Å². The highest BCUT2D eigenvalue weighted by Crippen LogP contribution is 2.36. The molecule has 0 bridgehead atoms. The largest absolute Gasteiger partial charge is 0.353 e. The molecule has 1 N–H and O–H groups in total. The van der Waals surface area contributed by atoms with Gasteiger partial charge in [0, 0.05) is 29.4 Å². The SMILES string of the molecule is O=C(NC1CCC(C(=O)N2CCCc3cc(Cl)cc(F)c32)CC1)C1CCCC1. The third kappa shape index (κ3) is 4.05. The number of rotatable bonds is 3. The summed E-state index contributed by atoms with van der Waals surface area (Å²) in [5.41, 5.74) is 1.24. The van der Waals surface area contributed by atoms with Crippen LogP contribution >= 0.6 is 11.6 Å². The number of benzene rings is 1. The van der Waals surface area contributed by atoms with Crippen molar-refractivity contribution in [1.82, 2.24) is 5.32 Å². The average molecular weight is 407 g/mol. The van der Waals surface area contributed by atoms with E-state index in [1.807, 2.05) is 0 Å². The lowest BCUT2D eigenvalue weighted by Crippen LogP contribution is -2.45. The quantitative estimate of drug-likeness (QED) is 0.795. The second kappa shape index (κ2) is 8.40. The topological polar surface area (TPSA) is 49.4 Å². The summed E-state index contributed by atoms with van der Waals surface area (Å²) in [5, 5.41) is 3.57. The third-order valence-corrected chi connectivity index (χ3v) is 6.84. The van der Waals surface area contributed by atoms with Gasteiger partial charge in [-0.1, -0.05) is 24.4 Å². The van der Waals surface area contributed by atoms with Crippen molar-refractivity contribution in [3.63, 3.8) is 0 Å². The molecule has 0 aromatic heterocycles. The van der Waals surface area contributed by atoms with Crippen molar-refractivity contribution in [2.75, 3.05) is 11.4 Å². The Morgan fingerprint density at radius 2 is 1.71 bits per heavy atom. The van der Waals surface area contributed by atoms with Gasteiger partial charge in [-0.05, 0) is 69.1 Å². The number of amides is 2. The van der Waals surface area contributed by atoms with Gasteiger partial charge >= 0.3 is 0 Å². The minimum atomic E-state index is -0.409. The standard InChI is InChI=1S/C22H28ClFN2O2/c23-17-12-16-6-3-11-26(20(16)19(24)13-17)22(28)15-7-9-18(10-8-15)25-21(27)14-4-1-2-5-14/h12-15,18H,1-11H2,(H,25,27). The fraction of sp³-hybridized carbons (Fsp3) is 0.636. The summed E-state index contributed by atoms with van der Waals surface area (Å²) in [6.45, 7) is 0.558. The van der Waals surface area contributed by atoms with Gasteiger partial charge in [-0.15, -0.1) is 0 Å². The number of hydrogen-bond donors (Lipinski definition) is 1. The van der Waals surface area contributed by atoms with Crippen molar-refractivity contribution in [1.29, 1.82) is 0 Å². The number of fused-ring (bicyclic) bond motifs is 1. The van der Waals surface area contributed by atoms with Gasteiger partial charge in [0.25, 0.3) is 0 Å². The van der Waals surface area contributed by atoms with Gasteiger partial charge in [0.1, 0.15) is 5.82 Å². The predicted octanol–water partition coefficient (Wildman–Crippen LogP) is 4.62. The van der Waals surface area contributed by atoms with Crippen LogP contribution in [0.15, 0.2) is 12.1 Å². The molecule has 1 heterocycles. The fourth-order valence-corrected chi connectivity index (χ4v) is 5.31. The van der Waals surface area contributed by atoms with Crippen LogP contribution in [-0.2, 0) is 16.0 Å². The first-order valence-electron chi connectivity index (χ1n) is 10.6. The van der Waals surface area contributed by atoms with Crippen molar-refractivity contribution in [2.45, 2.75) is 70.3 Å². The van der Waals surface area contributed by atoms with E-state index in [0.717, 1.165) is 69.8 Å². The third-order valence-electron chi connectivity index (χ3n) is 6.62. The predicted molar refractivity (Wildman–Crippen MR) is 108 cm³/mol. The number of hydrogen-bond acceptors (Lipinski definition) is 2. The van der Waals surface area contributed by atoms with Gasteiger partial charge < -0.3 is 10.2 Å². The number of anilines is 1. The molecule has 152 valence electrons. The molecule has 2 aliphatic carbocycles. The van der Waals surface area contributed by atoms with Crippen molar-refractivity contribution in [3.05, 3.63) is 28.5 Å². The first-order valence-corrected chi connectivity index (χ1v) is 11.0. The molecule has 2 fully saturated rings. The maximum Gasteiger partial charge on any atom is 0.230 e. The number of carbonyl (C=O) groups is 2. The number of halogens is 2. The maximum absolute atomic E-state index is 14.5. The molecule has 3 aliphatic rings. The Labute approximate surface area is 170 Å². The van der Waals surface area contributed by atoms with E-state index in [2.05, 4.69) is 5.32 Å². The van der Waals surface area contributed by atoms with E-state index in [-0.39, 0.29) is 29.7 Å². The Morgan fingerprint density at radius 3 is 2.43 bits per heavy atom. The summed E-state index contributed by atoms with van der Waals surface area (Å²) in [6, 6.07) is 3.23. The summed E-state index contributed by atoms with van der Waals surface area (Å²) in [7, 11) is 0. The molecule has 0 unspecified atom stereocenters. The zero-order valence-electron chi connectivity index (χ0n) is 16.2. The van der Waals surface area contributed by atoms with Crippen LogP contribution in [0.5, 0.6) is 0 Å². The van der Waals surface area contributed by atoms with Crippen molar-refractivity contribution < 1.29 is 14.0 Å². The van der Waals surface area contributed by atoms with Gasteiger partial charge in [0.2, 0.25) is 11.8 Å². The monoisotopic (exact) mass is 406 g/mol. The van der Waals surface area contributed by atoms with Crippen molar-refractivity contribution in [3.8, 4) is 0 Å². The minimum absolute atomic E-state index is 0.0164. The van der Waals surface area contributed by atoms with Gasteiger partial charge in [0.05, 0.1) is 5.69 Å². The number of aryl methyl sites for hydroxylation is 1. The zero-order chi connectivity index (χ0) is 19.7. The molecule has 0 radical (unpaired) electrons. The second-order valence-electron chi connectivity index (χ2n) is 8.53. The van der Waals surface area contributed by atoms with E-state index < -0.39 is 5.82 Å². The molecular formula is C22H28ClFN2O2. The van der Waals surface area contributed by atoms with Crippen LogP contribution in [0.4, 0.5) is 10.1 Å². The molecule has 6 heteroatoms. The lowest BCUT2D eigenvalue weighted by Gasteiger charge is -2.35. The Balaban J connectivity index is 1.37. The molecule has 1 aliphatic heterocycles. The van der Waals surface area contributed by atoms with E-state index in [9.17, 15) is 14.0 Å². The molecule has 1 aromatic rings. The van der Waals surface area contributed by atoms with Crippen LogP contribution in [0.2, 0.25) is 5.02 Å². The maximum atomic E-state index is 14.5. The molecule has 0 atom stereocenters. The summed E-state index contributed by atoms with van der Waals surface area (Å²) in [5.74, 6) is -0.119. The van der Waals surface area contributed by atoms with Crippen LogP contribution in [0.25, 0.3) is 0 Å².